The van der Waals surface area contributed by atoms with Crippen LogP contribution in [0.3, 0.4) is 0 Å². The Balaban J connectivity index is 0. The molecule has 63 valence electrons. The first-order chi connectivity index (χ1) is 4.57. The number of carbonyl (C=O) groups is 1. The number of hydrogen-bond acceptors (Lipinski definition) is 4. The Morgan fingerprint density at radius 1 is 1.82 bits per heavy atom. The van der Waals surface area contributed by atoms with E-state index in [1.54, 1.807) is 0 Å². The molecule has 2 atom stereocenters. The molecule has 0 aliphatic carbocycles. The van der Waals surface area contributed by atoms with Crippen molar-refractivity contribution in [2.24, 2.45) is 0 Å². The third-order valence-corrected chi connectivity index (χ3v) is 1.55. The van der Waals surface area contributed by atoms with E-state index in [0.29, 0.717) is 0 Å². The monoisotopic (exact) mass is 255 g/mol. The summed E-state index contributed by atoms with van der Waals surface area (Å²) in [6, 6.07) is -1.00. The standard InChI is InChI=1S/C4H9NO4S.Y/c1-5-3(4(6)7)2-10(8)9;/h3,5H,2H2,1H3,(H,6,7)(H,8,9);/p-1. The van der Waals surface area contributed by atoms with Gasteiger partial charge in [0, 0.05) is 38.5 Å². The summed E-state index contributed by atoms with van der Waals surface area (Å²) < 4.78 is 19.9. The fourth-order valence-electron chi connectivity index (χ4n) is 0.414. The van der Waals surface area contributed by atoms with E-state index in [2.05, 4.69) is 5.32 Å². The molecule has 0 aromatic rings. The number of rotatable bonds is 4. The minimum atomic E-state index is -2.31. The maximum absolute atomic E-state index is 10.1. The van der Waals surface area contributed by atoms with Crippen molar-refractivity contribution in [3.63, 3.8) is 0 Å². The van der Waals surface area contributed by atoms with Gasteiger partial charge in [-0.2, -0.15) is 0 Å². The van der Waals surface area contributed by atoms with Gasteiger partial charge in [0.1, 0.15) is 6.04 Å². The summed E-state index contributed by atoms with van der Waals surface area (Å²) in [7, 11) is 1.39. The second kappa shape index (κ2) is 7.30. The number of aliphatic carboxylic acids is 1. The van der Waals surface area contributed by atoms with Gasteiger partial charge in [-0.25, -0.2) is 0 Å². The van der Waals surface area contributed by atoms with Crippen LogP contribution in [-0.2, 0) is 48.6 Å². The van der Waals surface area contributed by atoms with Gasteiger partial charge >= 0.3 is 5.97 Å². The first-order valence-corrected chi connectivity index (χ1v) is 3.78. The summed E-state index contributed by atoms with van der Waals surface area (Å²) >= 11 is -2.31. The summed E-state index contributed by atoms with van der Waals surface area (Å²) in [6.07, 6.45) is 0. The zero-order valence-corrected chi connectivity index (χ0v) is 9.60. The van der Waals surface area contributed by atoms with Crippen molar-refractivity contribution in [1.29, 1.82) is 0 Å². The molecular weight excluding hydrogens is 247 g/mol. The summed E-state index contributed by atoms with van der Waals surface area (Å²) in [5.74, 6) is -1.56. The molecule has 1 radical (unpaired) electrons. The van der Waals surface area contributed by atoms with Gasteiger partial charge in [-0.3, -0.25) is 9.00 Å². The quantitative estimate of drug-likeness (QED) is 0.599. The van der Waals surface area contributed by atoms with Gasteiger partial charge in [-0.1, -0.05) is 11.1 Å². The third kappa shape index (κ3) is 7.02. The van der Waals surface area contributed by atoms with Crippen LogP contribution in [0.4, 0.5) is 0 Å². The number of carboxylic acid groups (broad SMARTS) is 1. The second-order valence-corrected chi connectivity index (χ2v) is 2.59. The van der Waals surface area contributed by atoms with Crippen molar-refractivity contribution >= 4 is 17.0 Å². The van der Waals surface area contributed by atoms with E-state index in [4.69, 9.17) is 5.11 Å². The summed E-state index contributed by atoms with van der Waals surface area (Å²) in [4.78, 5) is 10.1. The van der Waals surface area contributed by atoms with Gasteiger partial charge < -0.3 is 15.0 Å². The maximum Gasteiger partial charge on any atom is 0.321 e. The molecule has 5 nitrogen and oxygen atoms in total. The molecule has 0 fully saturated rings. The molecule has 0 heterocycles. The molecule has 0 spiro atoms. The smallest absolute Gasteiger partial charge is 0.321 e. The molecule has 2 N–H and O–H groups in total. The van der Waals surface area contributed by atoms with Crippen LogP contribution in [0.2, 0.25) is 0 Å². The summed E-state index contributed by atoms with van der Waals surface area (Å²) in [6.45, 7) is 0. The molecule has 0 saturated carbocycles. The molecule has 0 saturated heterocycles. The molecule has 2 unspecified atom stereocenters. The molecule has 0 aliphatic heterocycles. The van der Waals surface area contributed by atoms with E-state index in [-0.39, 0.29) is 32.7 Å². The van der Waals surface area contributed by atoms with Crippen LogP contribution in [-0.4, -0.2) is 38.7 Å². The van der Waals surface area contributed by atoms with Crippen LogP contribution in [0, 0.1) is 0 Å². The zero-order valence-electron chi connectivity index (χ0n) is 5.94. The first kappa shape index (κ1) is 14.2. The van der Waals surface area contributed by atoms with Crippen molar-refractivity contribution < 1.29 is 51.4 Å². The van der Waals surface area contributed by atoms with Gasteiger partial charge in [0.2, 0.25) is 0 Å². The van der Waals surface area contributed by atoms with Crippen molar-refractivity contribution in [3.05, 3.63) is 0 Å². The van der Waals surface area contributed by atoms with Crippen LogP contribution in [0.25, 0.3) is 0 Å². The van der Waals surface area contributed by atoms with Gasteiger partial charge in [-0.15, -0.1) is 0 Å². The fourth-order valence-corrected chi connectivity index (χ4v) is 0.996. The molecule has 0 amide bonds. The Labute approximate surface area is 92.1 Å². The predicted octanol–water partition coefficient (Wildman–Crippen LogP) is -1.46. The SMILES string of the molecule is CNC(CS(=O)[O-])C(=O)O.[Y]. The number of likely N-dealkylation sites (N-methyl/N-ethyl adjacent to an activating group) is 1. The van der Waals surface area contributed by atoms with E-state index >= 15 is 0 Å². The van der Waals surface area contributed by atoms with E-state index in [1.807, 2.05) is 0 Å². The van der Waals surface area contributed by atoms with Crippen LogP contribution >= 0.6 is 0 Å². The number of nitrogens with one attached hydrogen (secondary N) is 1. The van der Waals surface area contributed by atoms with Gasteiger partial charge in [0.15, 0.2) is 0 Å². The Hall–Kier alpha value is 0.644. The minimum Gasteiger partial charge on any atom is -0.772 e. The van der Waals surface area contributed by atoms with Crippen molar-refractivity contribution in [2.45, 2.75) is 6.04 Å². The number of carboxylic acids is 1. The molecule has 0 aromatic heterocycles. The van der Waals surface area contributed by atoms with E-state index in [9.17, 15) is 13.6 Å². The molecule has 7 heteroatoms. The summed E-state index contributed by atoms with van der Waals surface area (Å²) in [5.41, 5.74) is 0. The molecule has 0 aromatic carbocycles. The van der Waals surface area contributed by atoms with E-state index in [1.165, 1.54) is 7.05 Å². The Morgan fingerprint density at radius 3 is 2.36 bits per heavy atom. The predicted molar refractivity (Wildman–Crippen MR) is 34.3 cm³/mol. The van der Waals surface area contributed by atoms with Crippen molar-refractivity contribution in [2.75, 3.05) is 12.8 Å². The Morgan fingerprint density at radius 2 is 2.27 bits per heavy atom. The topological polar surface area (TPSA) is 89.5 Å². The molecular formula is C4H8NO4SY-. The normalized spacial score (nSPS) is 14.7. The average Bonchev–Trinajstić information content (AvgIpc) is 1.81. The number of hydrogen-bond donors (Lipinski definition) is 2. The largest absolute Gasteiger partial charge is 0.772 e. The third-order valence-electron chi connectivity index (χ3n) is 0.949. The van der Waals surface area contributed by atoms with Crippen LogP contribution in [0.1, 0.15) is 0 Å². The van der Waals surface area contributed by atoms with E-state index < -0.39 is 28.8 Å². The fraction of sp³-hybridized carbons (Fsp3) is 0.750. The van der Waals surface area contributed by atoms with Crippen LogP contribution < -0.4 is 5.32 Å². The zero-order chi connectivity index (χ0) is 8.15. The second-order valence-electron chi connectivity index (χ2n) is 1.65. The Kier molecular flexibility index (Phi) is 9.41. The minimum absolute atomic E-state index is 0. The average molecular weight is 255 g/mol. The molecule has 0 rings (SSSR count). The molecule has 0 aliphatic rings. The Bertz CT molecular complexity index is 153. The van der Waals surface area contributed by atoms with Gasteiger partial charge in [0.25, 0.3) is 0 Å². The van der Waals surface area contributed by atoms with Gasteiger partial charge in [0.05, 0.1) is 0 Å². The van der Waals surface area contributed by atoms with Crippen LogP contribution in [0.5, 0.6) is 0 Å². The maximum atomic E-state index is 10.1. The summed E-state index contributed by atoms with van der Waals surface area (Å²) in [5, 5.41) is 10.6. The van der Waals surface area contributed by atoms with Gasteiger partial charge in [-0.05, 0) is 7.05 Å². The molecule has 11 heavy (non-hydrogen) atoms. The first-order valence-electron chi connectivity index (χ1n) is 2.54. The van der Waals surface area contributed by atoms with Crippen molar-refractivity contribution in [1.82, 2.24) is 5.32 Å². The van der Waals surface area contributed by atoms with Crippen molar-refractivity contribution in [3.8, 4) is 0 Å². The molecule has 0 bridgehead atoms. The van der Waals surface area contributed by atoms with Crippen LogP contribution in [0.15, 0.2) is 0 Å². The van der Waals surface area contributed by atoms with E-state index in [0.717, 1.165) is 0 Å².